The lowest BCUT2D eigenvalue weighted by Gasteiger charge is -2.11. The summed E-state index contributed by atoms with van der Waals surface area (Å²) < 4.78 is 11.6. The number of urea groups is 1. The third kappa shape index (κ3) is 4.78. The molecule has 2 amide bonds. The van der Waals surface area contributed by atoms with Gasteiger partial charge in [0.1, 0.15) is 0 Å². The number of hydrogen-bond acceptors (Lipinski definition) is 4. The molecule has 0 aliphatic heterocycles. The number of halogens is 1. The molecule has 0 spiro atoms. The van der Waals surface area contributed by atoms with Gasteiger partial charge in [-0.3, -0.25) is 0 Å². The monoisotopic (exact) mass is 329 g/mol. The first-order chi connectivity index (χ1) is 9.08. The van der Waals surface area contributed by atoms with Gasteiger partial charge in [0.15, 0.2) is 11.5 Å². The first kappa shape index (κ1) is 15.3. The Labute approximate surface area is 120 Å². The minimum Gasteiger partial charge on any atom is -0.493 e. The number of primary amides is 1. The number of nitrogens with two attached hydrogens (primary N) is 1. The van der Waals surface area contributed by atoms with E-state index in [1.54, 1.807) is 19.2 Å². The Balaban J connectivity index is 2.95. The molecule has 0 aliphatic rings. The standard InChI is InChI=1S/C12H16BrN3O3/c1-3-4-19-11-6-9(13)8(5-10(11)18-2)7-15-16-12(14)17/h5-7H,3-4H2,1-2H3,(H3,14,16,17)/b15-7+. The van der Waals surface area contributed by atoms with Crippen molar-refractivity contribution < 1.29 is 14.3 Å². The minimum atomic E-state index is -0.720. The fourth-order valence-corrected chi connectivity index (χ4v) is 1.72. The van der Waals surface area contributed by atoms with Gasteiger partial charge in [0.2, 0.25) is 0 Å². The number of ether oxygens (including phenoxy) is 2. The molecule has 6 nitrogen and oxygen atoms in total. The van der Waals surface area contributed by atoms with Gasteiger partial charge in [0, 0.05) is 10.0 Å². The number of hydrazone groups is 1. The van der Waals surface area contributed by atoms with E-state index in [1.165, 1.54) is 6.21 Å². The zero-order valence-corrected chi connectivity index (χ0v) is 12.4. The highest BCUT2D eigenvalue weighted by molar-refractivity contribution is 9.10. The van der Waals surface area contributed by atoms with E-state index in [1.807, 2.05) is 6.92 Å². The molecule has 7 heteroatoms. The number of nitrogens with zero attached hydrogens (tertiary/aromatic N) is 1. The van der Waals surface area contributed by atoms with E-state index in [4.69, 9.17) is 15.2 Å². The van der Waals surface area contributed by atoms with Crippen LogP contribution < -0.4 is 20.6 Å². The normalized spacial score (nSPS) is 10.5. The Hall–Kier alpha value is -1.76. The van der Waals surface area contributed by atoms with E-state index in [2.05, 4.69) is 26.5 Å². The van der Waals surface area contributed by atoms with Crippen molar-refractivity contribution in [3.05, 3.63) is 22.2 Å². The average molecular weight is 330 g/mol. The second-order valence-corrected chi connectivity index (χ2v) is 4.46. The van der Waals surface area contributed by atoms with Crippen LogP contribution in [0.5, 0.6) is 11.5 Å². The van der Waals surface area contributed by atoms with Gasteiger partial charge in [-0.2, -0.15) is 5.10 Å². The Morgan fingerprint density at radius 2 is 2.26 bits per heavy atom. The molecule has 0 heterocycles. The molecular weight excluding hydrogens is 314 g/mol. The zero-order valence-electron chi connectivity index (χ0n) is 10.8. The third-order valence-corrected chi connectivity index (χ3v) is 2.81. The van der Waals surface area contributed by atoms with Crippen LogP contribution in [0.25, 0.3) is 0 Å². The van der Waals surface area contributed by atoms with E-state index in [0.29, 0.717) is 18.1 Å². The van der Waals surface area contributed by atoms with Gasteiger partial charge in [-0.15, -0.1) is 0 Å². The highest BCUT2D eigenvalue weighted by atomic mass is 79.9. The highest BCUT2D eigenvalue weighted by Crippen LogP contribution is 2.32. The topological polar surface area (TPSA) is 85.9 Å². The van der Waals surface area contributed by atoms with Crippen molar-refractivity contribution in [2.75, 3.05) is 13.7 Å². The SMILES string of the molecule is CCCOc1cc(Br)c(/C=N/NC(N)=O)cc1OC. The van der Waals surface area contributed by atoms with E-state index in [0.717, 1.165) is 16.5 Å². The van der Waals surface area contributed by atoms with E-state index in [-0.39, 0.29) is 0 Å². The molecule has 0 aliphatic carbocycles. The number of carbonyl (C=O) groups excluding carboxylic acids is 1. The summed E-state index contributed by atoms with van der Waals surface area (Å²) in [6, 6.07) is 2.82. The van der Waals surface area contributed by atoms with Crippen molar-refractivity contribution in [3.8, 4) is 11.5 Å². The molecule has 1 aromatic carbocycles. The summed E-state index contributed by atoms with van der Waals surface area (Å²) in [6.45, 7) is 2.64. The van der Waals surface area contributed by atoms with Gasteiger partial charge in [0.05, 0.1) is 19.9 Å². The molecule has 1 rings (SSSR count). The van der Waals surface area contributed by atoms with Crippen molar-refractivity contribution in [2.24, 2.45) is 10.8 Å². The zero-order chi connectivity index (χ0) is 14.3. The van der Waals surface area contributed by atoms with Crippen molar-refractivity contribution >= 4 is 28.2 Å². The Bertz CT molecular complexity index is 478. The Morgan fingerprint density at radius 3 is 2.84 bits per heavy atom. The van der Waals surface area contributed by atoms with E-state index >= 15 is 0 Å². The number of benzene rings is 1. The Morgan fingerprint density at radius 1 is 1.53 bits per heavy atom. The molecule has 0 radical (unpaired) electrons. The van der Waals surface area contributed by atoms with Gasteiger partial charge < -0.3 is 15.2 Å². The lowest BCUT2D eigenvalue weighted by Crippen LogP contribution is -2.24. The molecule has 3 N–H and O–H groups in total. The van der Waals surface area contributed by atoms with Crippen LogP contribution in [0.3, 0.4) is 0 Å². The molecule has 19 heavy (non-hydrogen) atoms. The van der Waals surface area contributed by atoms with Crippen LogP contribution in [0, 0.1) is 0 Å². The molecule has 0 saturated heterocycles. The van der Waals surface area contributed by atoms with Crippen molar-refractivity contribution in [1.82, 2.24) is 5.43 Å². The summed E-state index contributed by atoms with van der Waals surface area (Å²) in [5, 5.41) is 3.69. The van der Waals surface area contributed by atoms with E-state index < -0.39 is 6.03 Å². The number of methoxy groups -OCH3 is 1. The van der Waals surface area contributed by atoms with E-state index in [9.17, 15) is 4.79 Å². The minimum absolute atomic E-state index is 0.595. The fourth-order valence-electron chi connectivity index (χ4n) is 1.30. The molecule has 0 saturated carbocycles. The number of hydrogen-bond donors (Lipinski definition) is 2. The first-order valence-electron chi connectivity index (χ1n) is 5.67. The molecule has 0 atom stereocenters. The molecule has 104 valence electrons. The maximum atomic E-state index is 10.5. The van der Waals surface area contributed by atoms with Crippen molar-refractivity contribution in [3.63, 3.8) is 0 Å². The first-order valence-corrected chi connectivity index (χ1v) is 6.46. The third-order valence-electron chi connectivity index (χ3n) is 2.12. The highest BCUT2D eigenvalue weighted by Gasteiger charge is 2.09. The lowest BCUT2D eigenvalue weighted by atomic mass is 10.2. The summed E-state index contributed by atoms with van der Waals surface area (Å²) in [7, 11) is 1.56. The molecular formula is C12H16BrN3O3. The molecule has 0 unspecified atom stereocenters. The quantitative estimate of drug-likeness (QED) is 0.620. The number of rotatable bonds is 6. The van der Waals surface area contributed by atoms with Crippen molar-refractivity contribution in [1.29, 1.82) is 0 Å². The maximum Gasteiger partial charge on any atom is 0.332 e. The molecule has 1 aromatic rings. The summed E-state index contributed by atoms with van der Waals surface area (Å²) in [6.07, 6.45) is 2.37. The lowest BCUT2D eigenvalue weighted by molar-refractivity contribution is 0.249. The van der Waals surface area contributed by atoms with Crippen LogP contribution in [0.15, 0.2) is 21.7 Å². The van der Waals surface area contributed by atoms with Crippen LogP contribution in [0.4, 0.5) is 4.79 Å². The summed E-state index contributed by atoms with van der Waals surface area (Å²) in [4.78, 5) is 10.5. The van der Waals surface area contributed by atoms with Crippen LogP contribution in [-0.2, 0) is 0 Å². The number of amides is 2. The summed E-state index contributed by atoms with van der Waals surface area (Å²) in [5.41, 5.74) is 7.76. The van der Waals surface area contributed by atoms with Crippen LogP contribution >= 0.6 is 15.9 Å². The maximum absolute atomic E-state index is 10.5. The molecule has 0 fully saturated rings. The van der Waals surface area contributed by atoms with Crippen LogP contribution in [0.1, 0.15) is 18.9 Å². The predicted octanol–water partition coefficient (Wildman–Crippen LogP) is 2.25. The number of nitrogens with one attached hydrogen (secondary N) is 1. The summed E-state index contributed by atoms with van der Waals surface area (Å²) >= 11 is 3.40. The fraction of sp³-hybridized carbons (Fsp3) is 0.333. The largest absolute Gasteiger partial charge is 0.493 e. The van der Waals surface area contributed by atoms with Gasteiger partial charge >= 0.3 is 6.03 Å². The van der Waals surface area contributed by atoms with Gasteiger partial charge in [0.25, 0.3) is 0 Å². The second-order valence-electron chi connectivity index (χ2n) is 3.61. The van der Waals surface area contributed by atoms with Crippen LogP contribution in [-0.4, -0.2) is 26.0 Å². The van der Waals surface area contributed by atoms with Crippen LogP contribution in [0.2, 0.25) is 0 Å². The molecule has 0 bridgehead atoms. The van der Waals surface area contributed by atoms with Gasteiger partial charge in [-0.1, -0.05) is 6.92 Å². The summed E-state index contributed by atoms with van der Waals surface area (Å²) in [5.74, 6) is 1.24. The van der Waals surface area contributed by atoms with Gasteiger partial charge in [-0.25, -0.2) is 10.2 Å². The average Bonchev–Trinajstić information content (AvgIpc) is 2.38. The van der Waals surface area contributed by atoms with Gasteiger partial charge in [-0.05, 0) is 34.5 Å². The Kier molecular flexibility index (Phi) is 6.14. The molecule has 0 aromatic heterocycles. The second kappa shape index (κ2) is 7.63. The smallest absolute Gasteiger partial charge is 0.332 e. The predicted molar refractivity (Wildman–Crippen MR) is 76.8 cm³/mol. The number of carbonyl (C=O) groups is 1. The van der Waals surface area contributed by atoms with Crippen molar-refractivity contribution in [2.45, 2.75) is 13.3 Å².